The quantitative estimate of drug-likeness (QED) is 0.557. The maximum atomic E-state index is 14.3. The third-order valence-corrected chi connectivity index (χ3v) is 4.31. The van der Waals surface area contributed by atoms with Crippen LogP contribution in [0.2, 0.25) is 0 Å². The number of carboxylic acids is 1. The number of carbonyl (C=O) groups is 1. The third-order valence-electron chi connectivity index (χ3n) is 4.31. The summed E-state index contributed by atoms with van der Waals surface area (Å²) in [6, 6.07) is 7.12. The van der Waals surface area contributed by atoms with E-state index in [0.29, 0.717) is 23.0 Å². The smallest absolute Gasteiger partial charge is 0.432 e. The van der Waals surface area contributed by atoms with Crippen molar-refractivity contribution in [3.05, 3.63) is 54.2 Å². The van der Waals surface area contributed by atoms with Crippen molar-refractivity contribution in [2.45, 2.75) is 20.0 Å². The van der Waals surface area contributed by atoms with Crippen molar-refractivity contribution in [3.63, 3.8) is 0 Å². The fraction of sp³-hybridized carbons (Fsp3) is 0.250. The molecule has 2 heterocycles. The van der Waals surface area contributed by atoms with Gasteiger partial charge in [0.05, 0.1) is 17.3 Å². The van der Waals surface area contributed by atoms with E-state index in [0.717, 1.165) is 0 Å². The molecule has 30 heavy (non-hydrogen) atoms. The summed E-state index contributed by atoms with van der Waals surface area (Å²) in [5.41, 5.74) is -1.01. The molecule has 0 amide bonds. The van der Waals surface area contributed by atoms with Gasteiger partial charge in [0.2, 0.25) is 0 Å². The number of alkyl halides is 3. The van der Waals surface area contributed by atoms with E-state index in [-0.39, 0.29) is 18.2 Å². The summed E-state index contributed by atoms with van der Waals surface area (Å²) in [4.78, 5) is 21.1. The minimum Gasteiger partial charge on any atom is -0.489 e. The average Bonchev–Trinajstić information content (AvgIpc) is 3.18. The maximum absolute atomic E-state index is 14.3. The molecular formula is C20H17F4N3O3. The molecule has 0 saturated heterocycles. The minimum absolute atomic E-state index is 0.0114. The van der Waals surface area contributed by atoms with Gasteiger partial charge in [-0.15, -0.1) is 0 Å². The molecule has 0 aliphatic heterocycles. The van der Waals surface area contributed by atoms with Gasteiger partial charge in [0.1, 0.15) is 18.1 Å². The second-order valence-corrected chi connectivity index (χ2v) is 7.20. The number of aromatic amines is 1. The Balaban J connectivity index is 1.76. The number of benzene rings is 1. The second-order valence-electron chi connectivity index (χ2n) is 7.20. The molecule has 0 aliphatic rings. The highest BCUT2D eigenvalue weighted by atomic mass is 19.4. The molecule has 1 aromatic carbocycles. The van der Waals surface area contributed by atoms with Crippen LogP contribution in [-0.4, -0.2) is 32.6 Å². The standard InChI is InChI=1S/C20H17F4N3O3/c1-19(2,18(28)29)10-30-15-6-4-11(7-13(15)21)14-5-3-12(8-25-14)17-26-9-16(27-17)20(22,23)24/h3-9H,10H2,1-2H3,(H,26,27)(H,28,29). The Morgan fingerprint density at radius 1 is 1.10 bits per heavy atom. The van der Waals surface area contributed by atoms with E-state index < -0.39 is 29.1 Å². The highest BCUT2D eigenvalue weighted by Crippen LogP contribution is 2.30. The van der Waals surface area contributed by atoms with Crippen LogP contribution in [-0.2, 0) is 11.0 Å². The number of imidazole rings is 1. The highest BCUT2D eigenvalue weighted by Gasteiger charge is 2.33. The highest BCUT2D eigenvalue weighted by molar-refractivity contribution is 5.73. The number of ether oxygens (including phenoxy) is 1. The Morgan fingerprint density at radius 2 is 1.80 bits per heavy atom. The number of carboxylic acid groups (broad SMARTS) is 1. The van der Waals surface area contributed by atoms with Gasteiger partial charge < -0.3 is 14.8 Å². The molecule has 0 spiro atoms. The molecule has 6 nitrogen and oxygen atoms in total. The fourth-order valence-electron chi connectivity index (χ4n) is 2.41. The number of hydrogen-bond acceptors (Lipinski definition) is 4. The van der Waals surface area contributed by atoms with Crippen molar-refractivity contribution in [2.24, 2.45) is 5.41 Å². The molecule has 10 heteroatoms. The zero-order valence-corrected chi connectivity index (χ0v) is 15.9. The van der Waals surface area contributed by atoms with Crippen LogP contribution in [0.4, 0.5) is 17.6 Å². The van der Waals surface area contributed by atoms with E-state index in [2.05, 4.69) is 15.0 Å². The van der Waals surface area contributed by atoms with Gasteiger partial charge >= 0.3 is 12.1 Å². The lowest BCUT2D eigenvalue weighted by Gasteiger charge is -2.19. The number of hydrogen-bond donors (Lipinski definition) is 2. The molecule has 0 aliphatic carbocycles. The second kappa shape index (κ2) is 7.77. The number of rotatable bonds is 6. The molecule has 0 bridgehead atoms. The van der Waals surface area contributed by atoms with Gasteiger partial charge in [-0.1, -0.05) is 0 Å². The van der Waals surface area contributed by atoms with Gasteiger partial charge in [-0.2, -0.15) is 13.2 Å². The number of halogens is 4. The average molecular weight is 423 g/mol. The third kappa shape index (κ3) is 4.58. The lowest BCUT2D eigenvalue weighted by Crippen LogP contribution is -2.30. The van der Waals surface area contributed by atoms with Gasteiger partial charge in [0.25, 0.3) is 0 Å². The van der Waals surface area contributed by atoms with Crippen LogP contribution >= 0.6 is 0 Å². The van der Waals surface area contributed by atoms with Crippen LogP contribution in [0.1, 0.15) is 19.5 Å². The first-order chi connectivity index (χ1) is 14.0. The van der Waals surface area contributed by atoms with Crippen LogP contribution in [0, 0.1) is 11.2 Å². The summed E-state index contributed by atoms with van der Waals surface area (Å²) in [6.07, 6.45) is -2.51. The van der Waals surface area contributed by atoms with E-state index in [1.165, 1.54) is 44.3 Å². The zero-order chi connectivity index (χ0) is 22.1. The molecule has 3 aromatic rings. The minimum atomic E-state index is -4.53. The van der Waals surface area contributed by atoms with Gasteiger partial charge in [-0.25, -0.2) is 9.37 Å². The number of nitrogens with one attached hydrogen (secondary N) is 1. The van der Waals surface area contributed by atoms with E-state index in [9.17, 15) is 22.4 Å². The largest absolute Gasteiger partial charge is 0.489 e. The zero-order valence-electron chi connectivity index (χ0n) is 15.9. The Hall–Kier alpha value is -3.43. The maximum Gasteiger partial charge on any atom is 0.432 e. The summed E-state index contributed by atoms with van der Waals surface area (Å²) >= 11 is 0. The number of H-pyrrole nitrogens is 1. The number of pyridine rings is 1. The molecule has 2 N–H and O–H groups in total. The molecule has 2 aromatic heterocycles. The van der Waals surface area contributed by atoms with Crippen LogP contribution in [0.25, 0.3) is 22.6 Å². The first-order valence-corrected chi connectivity index (χ1v) is 8.72. The van der Waals surface area contributed by atoms with Crippen molar-refractivity contribution in [1.29, 1.82) is 0 Å². The number of aromatic nitrogens is 3. The van der Waals surface area contributed by atoms with E-state index in [1.54, 1.807) is 6.07 Å². The lowest BCUT2D eigenvalue weighted by molar-refractivity contribution is -0.148. The van der Waals surface area contributed by atoms with Crippen LogP contribution < -0.4 is 4.74 Å². The summed E-state index contributed by atoms with van der Waals surface area (Å²) in [7, 11) is 0. The SMILES string of the molecule is CC(C)(COc1ccc(-c2ccc(-c3ncc(C(F)(F)F)[nH]3)cn2)cc1F)C(=O)O. The van der Waals surface area contributed by atoms with Crippen LogP contribution in [0.3, 0.4) is 0 Å². The van der Waals surface area contributed by atoms with Crippen molar-refractivity contribution >= 4 is 5.97 Å². The lowest BCUT2D eigenvalue weighted by atomic mass is 9.95. The number of aliphatic carboxylic acids is 1. The Bertz CT molecular complexity index is 1060. The predicted octanol–water partition coefficient (Wildman–Crippen LogP) is 4.79. The van der Waals surface area contributed by atoms with Gasteiger partial charge in [0, 0.05) is 17.3 Å². The molecule has 3 rings (SSSR count). The molecule has 158 valence electrons. The molecule has 0 atom stereocenters. The Kier molecular flexibility index (Phi) is 5.51. The molecule has 0 radical (unpaired) electrons. The number of nitrogens with zero attached hydrogens (tertiary/aromatic N) is 2. The monoisotopic (exact) mass is 423 g/mol. The van der Waals surface area contributed by atoms with Crippen LogP contribution in [0.5, 0.6) is 5.75 Å². The van der Waals surface area contributed by atoms with Crippen molar-refractivity contribution in [3.8, 4) is 28.4 Å². The normalized spacial score (nSPS) is 12.1. The summed E-state index contributed by atoms with van der Waals surface area (Å²) in [5.74, 6) is -1.85. The summed E-state index contributed by atoms with van der Waals surface area (Å²) in [5, 5.41) is 9.08. The molecule has 0 fully saturated rings. The molecule has 0 unspecified atom stereocenters. The van der Waals surface area contributed by atoms with Crippen LogP contribution in [0.15, 0.2) is 42.7 Å². The molecular weight excluding hydrogens is 406 g/mol. The van der Waals surface area contributed by atoms with E-state index in [1.807, 2.05) is 0 Å². The van der Waals surface area contributed by atoms with Crippen molar-refractivity contribution < 1.29 is 32.2 Å². The topological polar surface area (TPSA) is 88.1 Å². The van der Waals surface area contributed by atoms with Gasteiger partial charge in [0.15, 0.2) is 11.6 Å². The van der Waals surface area contributed by atoms with E-state index in [4.69, 9.17) is 9.84 Å². The Morgan fingerprint density at radius 3 is 2.33 bits per heavy atom. The predicted molar refractivity (Wildman–Crippen MR) is 99.1 cm³/mol. The van der Waals surface area contributed by atoms with Gasteiger partial charge in [-0.05, 0) is 44.2 Å². The first-order valence-electron chi connectivity index (χ1n) is 8.72. The van der Waals surface area contributed by atoms with E-state index >= 15 is 0 Å². The van der Waals surface area contributed by atoms with Gasteiger partial charge in [-0.3, -0.25) is 9.78 Å². The van der Waals surface area contributed by atoms with Crippen molar-refractivity contribution in [1.82, 2.24) is 15.0 Å². The Labute approximate surface area is 168 Å². The fourth-order valence-corrected chi connectivity index (χ4v) is 2.41. The first kappa shape index (κ1) is 21.3. The summed E-state index contributed by atoms with van der Waals surface area (Å²) in [6.45, 7) is 2.71. The van der Waals surface area contributed by atoms with Crippen molar-refractivity contribution in [2.75, 3.05) is 6.61 Å². The molecule has 0 saturated carbocycles. The summed E-state index contributed by atoms with van der Waals surface area (Å²) < 4.78 is 57.6.